The Labute approximate surface area is 192 Å². The first-order chi connectivity index (χ1) is 15.8. The van der Waals surface area contributed by atoms with Crippen LogP contribution >= 0.6 is 6.83 Å². The van der Waals surface area contributed by atoms with Gasteiger partial charge < -0.3 is 0 Å². The van der Waals surface area contributed by atoms with Crippen molar-refractivity contribution in [2.75, 3.05) is 12.7 Å². The summed E-state index contributed by atoms with van der Waals surface area (Å²) in [4.78, 5) is 12.6. The molecule has 176 valence electrons. The van der Waals surface area contributed by atoms with Gasteiger partial charge in [-0.05, 0) is 0 Å². The maximum atomic E-state index is 13.7. The zero-order valence-corrected chi connectivity index (χ0v) is 19.3. The number of carbonyl (C=O) groups excluding carboxylic acids is 1. The van der Waals surface area contributed by atoms with Gasteiger partial charge in [0.2, 0.25) is 0 Å². The number of alkyl halides is 3. The average Bonchev–Trinajstić information content (AvgIpc) is 2.84. The van der Waals surface area contributed by atoms with Crippen LogP contribution in [0.5, 0.6) is 0 Å². The van der Waals surface area contributed by atoms with Gasteiger partial charge in [-0.15, -0.1) is 0 Å². The standard InChI is InChI=1S/C26H29F3NO2P/c27-26(28,29)25(31)32-33(21-13-2-1-12-20-30,22-14-6-3-7-15-22,23-16-8-4-9-17-23)24-18-10-5-11-19-24/h3-11,14-19H,1-2,12-13,20-21,30H2. The van der Waals surface area contributed by atoms with Crippen molar-refractivity contribution in [3.8, 4) is 0 Å². The van der Waals surface area contributed by atoms with Crippen LogP contribution < -0.4 is 21.6 Å². The van der Waals surface area contributed by atoms with E-state index in [4.69, 9.17) is 10.3 Å². The summed E-state index contributed by atoms with van der Waals surface area (Å²) in [5, 5.41) is 1.78. The van der Waals surface area contributed by atoms with E-state index in [0.717, 1.165) is 19.3 Å². The number of rotatable bonds is 10. The second-order valence-electron chi connectivity index (χ2n) is 8.02. The minimum absolute atomic E-state index is 0.274. The van der Waals surface area contributed by atoms with Gasteiger partial charge in [0.15, 0.2) is 0 Å². The molecule has 0 bridgehead atoms. The van der Waals surface area contributed by atoms with Crippen molar-refractivity contribution in [2.45, 2.75) is 31.9 Å². The Bertz CT molecular complexity index is 928. The monoisotopic (exact) mass is 475 g/mol. The molecule has 2 N–H and O–H groups in total. The van der Waals surface area contributed by atoms with E-state index in [2.05, 4.69) is 0 Å². The van der Waals surface area contributed by atoms with Crippen molar-refractivity contribution in [1.29, 1.82) is 0 Å². The summed E-state index contributed by atoms with van der Waals surface area (Å²) in [6.07, 6.45) is -1.81. The van der Waals surface area contributed by atoms with Crippen LogP contribution in [0.15, 0.2) is 91.0 Å². The molecule has 0 aliphatic carbocycles. The molecule has 0 aromatic heterocycles. The SMILES string of the molecule is NCCCCCCP(OC(=O)C(F)(F)F)(c1ccccc1)(c1ccccc1)c1ccccc1. The molecule has 3 aromatic rings. The number of hydrogen-bond donors (Lipinski definition) is 1. The molecule has 0 fully saturated rings. The van der Waals surface area contributed by atoms with Gasteiger partial charge in [-0.2, -0.15) is 0 Å². The Kier molecular flexibility index (Phi) is 7.93. The van der Waals surface area contributed by atoms with Gasteiger partial charge in [0.1, 0.15) is 0 Å². The van der Waals surface area contributed by atoms with Crippen LogP contribution in [0.25, 0.3) is 0 Å². The van der Waals surface area contributed by atoms with E-state index in [0.29, 0.717) is 28.9 Å². The summed E-state index contributed by atoms with van der Waals surface area (Å²) in [6.45, 7) is -3.77. The fourth-order valence-electron chi connectivity index (χ4n) is 4.41. The summed E-state index contributed by atoms with van der Waals surface area (Å²) < 4.78 is 47.1. The molecule has 0 saturated carbocycles. The third kappa shape index (κ3) is 4.97. The van der Waals surface area contributed by atoms with Crippen LogP contribution in [-0.4, -0.2) is 24.9 Å². The summed E-state index contributed by atoms with van der Waals surface area (Å²) in [5.41, 5.74) is 5.62. The van der Waals surface area contributed by atoms with E-state index in [-0.39, 0.29) is 6.16 Å². The van der Waals surface area contributed by atoms with Crippen LogP contribution in [0.2, 0.25) is 0 Å². The van der Waals surface area contributed by atoms with Gasteiger partial charge in [0, 0.05) is 0 Å². The van der Waals surface area contributed by atoms with E-state index in [1.54, 1.807) is 91.0 Å². The molecule has 3 rings (SSSR count). The zero-order valence-electron chi connectivity index (χ0n) is 18.4. The molecular formula is C26H29F3NO2P. The first-order valence-electron chi connectivity index (χ1n) is 11.0. The molecule has 0 aliphatic rings. The first kappa shape index (κ1) is 24.9. The average molecular weight is 475 g/mol. The Morgan fingerprint density at radius 3 is 1.45 bits per heavy atom. The van der Waals surface area contributed by atoms with E-state index in [1.165, 1.54) is 0 Å². The fourth-order valence-corrected chi connectivity index (χ4v) is 10.2. The van der Waals surface area contributed by atoms with Crippen LogP contribution in [0.3, 0.4) is 0 Å². The van der Waals surface area contributed by atoms with E-state index >= 15 is 0 Å². The van der Waals surface area contributed by atoms with Gasteiger partial charge in [0.25, 0.3) is 0 Å². The van der Waals surface area contributed by atoms with Crippen molar-refractivity contribution in [2.24, 2.45) is 5.73 Å². The quantitative estimate of drug-likeness (QED) is 0.330. The number of halogens is 3. The molecule has 0 saturated heterocycles. The number of carbonyl (C=O) groups is 1. The summed E-state index contributed by atoms with van der Waals surface area (Å²) in [5.74, 6) is -2.17. The Morgan fingerprint density at radius 2 is 1.09 bits per heavy atom. The van der Waals surface area contributed by atoms with E-state index in [1.807, 2.05) is 0 Å². The third-order valence-electron chi connectivity index (χ3n) is 5.96. The van der Waals surface area contributed by atoms with Crippen molar-refractivity contribution in [3.63, 3.8) is 0 Å². The van der Waals surface area contributed by atoms with Crippen LogP contribution in [0, 0.1) is 0 Å². The van der Waals surface area contributed by atoms with Gasteiger partial charge in [-0.25, -0.2) is 0 Å². The summed E-state index contributed by atoms with van der Waals surface area (Å²) >= 11 is 0. The molecule has 0 amide bonds. The van der Waals surface area contributed by atoms with Crippen LogP contribution in [0.1, 0.15) is 25.7 Å². The maximum absolute atomic E-state index is 13.7. The zero-order chi connectivity index (χ0) is 23.8. The Morgan fingerprint density at radius 1 is 0.697 bits per heavy atom. The van der Waals surface area contributed by atoms with Crippen molar-refractivity contribution < 1.29 is 22.5 Å². The molecular weight excluding hydrogens is 446 g/mol. The Balaban J connectivity index is 2.36. The van der Waals surface area contributed by atoms with Gasteiger partial charge in [0.05, 0.1) is 0 Å². The molecule has 0 heterocycles. The van der Waals surface area contributed by atoms with Crippen molar-refractivity contribution in [1.82, 2.24) is 0 Å². The first-order valence-corrected chi connectivity index (χ1v) is 13.4. The minimum atomic E-state index is -5.12. The van der Waals surface area contributed by atoms with Crippen molar-refractivity contribution >= 4 is 28.7 Å². The molecule has 0 radical (unpaired) electrons. The predicted octanol–water partition coefficient (Wildman–Crippen LogP) is 5.06. The van der Waals surface area contributed by atoms with Crippen molar-refractivity contribution in [3.05, 3.63) is 91.0 Å². The molecule has 0 unspecified atom stereocenters. The molecule has 0 spiro atoms. The number of unbranched alkanes of at least 4 members (excludes halogenated alkanes) is 3. The van der Waals surface area contributed by atoms with Gasteiger partial charge in [-0.1, -0.05) is 0 Å². The number of nitrogens with two attached hydrogens (primary N) is 1. The predicted molar refractivity (Wildman–Crippen MR) is 130 cm³/mol. The topological polar surface area (TPSA) is 52.3 Å². The normalized spacial score (nSPS) is 13.2. The molecule has 3 aromatic carbocycles. The molecule has 7 heteroatoms. The molecule has 33 heavy (non-hydrogen) atoms. The summed E-state index contributed by atoms with van der Waals surface area (Å²) in [6, 6.07) is 26.7. The molecule has 0 aliphatic heterocycles. The number of hydrogen-bond acceptors (Lipinski definition) is 3. The Hall–Kier alpha value is -2.69. The number of benzene rings is 3. The van der Waals surface area contributed by atoms with E-state index in [9.17, 15) is 18.0 Å². The molecule has 0 atom stereocenters. The van der Waals surface area contributed by atoms with E-state index < -0.39 is 19.0 Å². The fraction of sp³-hybridized carbons (Fsp3) is 0.269. The van der Waals surface area contributed by atoms with Crippen LogP contribution in [0.4, 0.5) is 13.2 Å². The van der Waals surface area contributed by atoms with Gasteiger partial charge in [-0.3, -0.25) is 0 Å². The summed E-state index contributed by atoms with van der Waals surface area (Å²) in [7, 11) is 0. The second-order valence-corrected chi connectivity index (χ2v) is 12.6. The second kappa shape index (κ2) is 10.5. The van der Waals surface area contributed by atoms with Gasteiger partial charge >= 0.3 is 192 Å². The molecule has 3 nitrogen and oxygen atoms in total. The van der Waals surface area contributed by atoms with Crippen LogP contribution in [-0.2, 0) is 9.32 Å². The third-order valence-corrected chi connectivity index (χ3v) is 11.9.